The standard InChI is InChI=1S/C14H17N3OS3/c1-9-5-4-6-10(7-9)18-21-17(2)11-8-12(13(15)16)20-14(11)19-3/h4-8H,1-3H3,(H3,15,16). The summed E-state index contributed by atoms with van der Waals surface area (Å²) in [5, 5.41) is 7.54. The number of nitrogens with two attached hydrogens (primary N) is 1. The van der Waals surface area contributed by atoms with Crippen LogP contribution in [0.2, 0.25) is 0 Å². The molecule has 0 saturated carbocycles. The van der Waals surface area contributed by atoms with Crippen molar-refractivity contribution in [2.24, 2.45) is 5.73 Å². The van der Waals surface area contributed by atoms with Crippen LogP contribution in [-0.2, 0) is 0 Å². The Bertz CT molecular complexity index is 642. The molecule has 3 N–H and O–H groups in total. The van der Waals surface area contributed by atoms with Crippen LogP contribution in [0.25, 0.3) is 0 Å². The van der Waals surface area contributed by atoms with Crippen molar-refractivity contribution in [3.05, 3.63) is 40.8 Å². The number of thiophene rings is 1. The summed E-state index contributed by atoms with van der Waals surface area (Å²) in [5.74, 6) is 0.916. The molecule has 4 nitrogen and oxygen atoms in total. The summed E-state index contributed by atoms with van der Waals surface area (Å²) >= 11 is 4.43. The van der Waals surface area contributed by atoms with Gasteiger partial charge in [0.05, 0.1) is 14.8 Å². The van der Waals surface area contributed by atoms with E-state index >= 15 is 0 Å². The summed E-state index contributed by atoms with van der Waals surface area (Å²) in [4.78, 5) is 0.775. The molecule has 1 aromatic carbocycles. The second-order valence-electron chi connectivity index (χ2n) is 4.37. The molecule has 0 aliphatic rings. The number of nitrogen functional groups attached to an aromatic ring is 1. The van der Waals surface area contributed by atoms with Gasteiger partial charge in [0, 0.05) is 7.05 Å². The fourth-order valence-corrected chi connectivity index (χ4v) is 4.10. The molecule has 0 fully saturated rings. The van der Waals surface area contributed by atoms with Gasteiger partial charge in [-0.1, -0.05) is 12.1 Å². The van der Waals surface area contributed by atoms with E-state index < -0.39 is 0 Å². The van der Waals surface area contributed by atoms with Crippen molar-refractivity contribution in [3.63, 3.8) is 0 Å². The third-order valence-electron chi connectivity index (χ3n) is 2.70. The molecule has 0 amide bonds. The van der Waals surface area contributed by atoms with E-state index in [1.165, 1.54) is 23.6 Å². The number of benzene rings is 1. The minimum absolute atomic E-state index is 0.0968. The van der Waals surface area contributed by atoms with Crippen LogP contribution < -0.4 is 14.2 Å². The van der Waals surface area contributed by atoms with Crippen LogP contribution in [0.1, 0.15) is 10.4 Å². The Labute approximate surface area is 137 Å². The molecule has 0 unspecified atom stereocenters. The number of hydrogen-bond acceptors (Lipinski definition) is 6. The van der Waals surface area contributed by atoms with Crippen molar-refractivity contribution in [1.29, 1.82) is 5.41 Å². The predicted molar refractivity (Wildman–Crippen MR) is 94.9 cm³/mol. The van der Waals surface area contributed by atoms with Crippen LogP contribution >= 0.6 is 35.3 Å². The Morgan fingerprint density at radius 3 is 2.76 bits per heavy atom. The van der Waals surface area contributed by atoms with Gasteiger partial charge in [-0.3, -0.25) is 9.71 Å². The number of thioether (sulfide) groups is 1. The summed E-state index contributed by atoms with van der Waals surface area (Å²) in [7, 11) is 1.94. The summed E-state index contributed by atoms with van der Waals surface area (Å²) < 4.78 is 8.78. The van der Waals surface area contributed by atoms with E-state index in [2.05, 4.69) is 0 Å². The predicted octanol–water partition coefficient (Wildman–Crippen LogP) is 4.14. The molecule has 0 saturated heterocycles. The SMILES string of the molecule is CSc1sc(C(=N)N)cc1N(C)SOc1cccc(C)c1. The van der Waals surface area contributed by atoms with Crippen molar-refractivity contribution in [2.45, 2.75) is 11.1 Å². The molecular weight excluding hydrogens is 322 g/mol. The normalized spacial score (nSPS) is 10.4. The van der Waals surface area contributed by atoms with Gasteiger partial charge in [0.15, 0.2) is 12.2 Å². The summed E-state index contributed by atoms with van der Waals surface area (Å²) in [6, 6.07) is 9.84. The molecule has 0 aliphatic heterocycles. The zero-order valence-corrected chi connectivity index (χ0v) is 14.5. The lowest BCUT2D eigenvalue weighted by Crippen LogP contribution is -2.10. The number of hydrogen-bond donors (Lipinski definition) is 2. The smallest absolute Gasteiger partial charge is 0.179 e. The van der Waals surface area contributed by atoms with Gasteiger partial charge >= 0.3 is 0 Å². The average Bonchev–Trinajstić information content (AvgIpc) is 2.89. The Hall–Kier alpha value is -1.31. The largest absolute Gasteiger partial charge is 0.405 e. The zero-order valence-electron chi connectivity index (χ0n) is 12.0. The first-order chi connectivity index (χ1) is 10.0. The van der Waals surface area contributed by atoms with E-state index in [-0.39, 0.29) is 5.84 Å². The van der Waals surface area contributed by atoms with E-state index in [1.807, 2.05) is 54.9 Å². The Morgan fingerprint density at radius 1 is 1.38 bits per heavy atom. The van der Waals surface area contributed by atoms with Crippen LogP contribution in [0, 0.1) is 12.3 Å². The van der Waals surface area contributed by atoms with E-state index in [0.29, 0.717) is 0 Å². The van der Waals surface area contributed by atoms with Crippen LogP contribution in [0.4, 0.5) is 5.69 Å². The molecule has 0 radical (unpaired) electrons. The topological polar surface area (TPSA) is 62.3 Å². The van der Waals surface area contributed by atoms with Gasteiger partial charge < -0.3 is 9.92 Å². The second kappa shape index (κ2) is 7.11. The highest BCUT2D eigenvalue weighted by atomic mass is 32.2. The molecular formula is C14H17N3OS3. The fraction of sp³-hybridized carbons (Fsp3) is 0.214. The Balaban J connectivity index is 2.09. The lowest BCUT2D eigenvalue weighted by molar-refractivity contribution is 0.644. The monoisotopic (exact) mass is 339 g/mol. The summed E-state index contributed by atoms with van der Waals surface area (Å²) in [5.41, 5.74) is 7.73. The summed E-state index contributed by atoms with van der Waals surface area (Å²) in [6.07, 6.45) is 2.01. The molecule has 2 rings (SSSR count). The molecule has 7 heteroatoms. The minimum atomic E-state index is 0.0968. The van der Waals surface area contributed by atoms with Gasteiger partial charge in [-0.05, 0) is 36.9 Å². The highest BCUT2D eigenvalue weighted by molar-refractivity contribution is 8.01. The van der Waals surface area contributed by atoms with Crippen LogP contribution in [-0.4, -0.2) is 19.1 Å². The number of nitrogens with one attached hydrogen (secondary N) is 1. The Morgan fingerprint density at radius 2 is 2.14 bits per heavy atom. The van der Waals surface area contributed by atoms with E-state index in [9.17, 15) is 0 Å². The van der Waals surface area contributed by atoms with Crippen molar-refractivity contribution < 1.29 is 4.18 Å². The van der Waals surface area contributed by atoms with Crippen LogP contribution in [0.5, 0.6) is 5.75 Å². The fourth-order valence-electron chi connectivity index (χ4n) is 1.67. The van der Waals surface area contributed by atoms with Crippen LogP contribution in [0.3, 0.4) is 0 Å². The van der Waals surface area contributed by atoms with Crippen molar-refractivity contribution in [1.82, 2.24) is 0 Å². The van der Waals surface area contributed by atoms with Gasteiger partial charge in [0.25, 0.3) is 0 Å². The first kappa shape index (κ1) is 16.1. The molecule has 21 heavy (non-hydrogen) atoms. The lowest BCUT2D eigenvalue weighted by Gasteiger charge is -2.16. The Kier molecular flexibility index (Phi) is 5.44. The van der Waals surface area contributed by atoms with Crippen molar-refractivity contribution >= 4 is 46.9 Å². The maximum atomic E-state index is 7.54. The average molecular weight is 340 g/mol. The summed E-state index contributed by atoms with van der Waals surface area (Å²) in [6.45, 7) is 2.03. The molecule has 112 valence electrons. The van der Waals surface area contributed by atoms with E-state index in [0.717, 1.165) is 26.1 Å². The number of amidine groups is 1. The molecule has 2 aromatic rings. The minimum Gasteiger partial charge on any atom is -0.405 e. The first-order valence-corrected chi connectivity index (χ1v) is 8.92. The van der Waals surface area contributed by atoms with Crippen molar-refractivity contribution in [2.75, 3.05) is 17.6 Å². The molecule has 1 heterocycles. The lowest BCUT2D eigenvalue weighted by atomic mass is 10.2. The number of aryl methyl sites for hydroxylation is 1. The number of nitrogens with zero attached hydrogens (tertiary/aromatic N) is 1. The molecule has 0 atom stereocenters. The van der Waals surface area contributed by atoms with Gasteiger partial charge in [-0.2, -0.15) is 0 Å². The van der Waals surface area contributed by atoms with Crippen LogP contribution in [0.15, 0.2) is 34.5 Å². The maximum Gasteiger partial charge on any atom is 0.179 e. The van der Waals surface area contributed by atoms with Gasteiger partial charge in [-0.25, -0.2) is 0 Å². The third-order valence-corrected chi connectivity index (χ3v) is 5.67. The first-order valence-electron chi connectivity index (χ1n) is 6.18. The third kappa shape index (κ3) is 4.09. The molecule has 1 aromatic heterocycles. The maximum absolute atomic E-state index is 7.54. The number of rotatable bonds is 6. The van der Waals surface area contributed by atoms with E-state index in [1.54, 1.807) is 11.8 Å². The van der Waals surface area contributed by atoms with Gasteiger partial charge in [0.1, 0.15) is 11.6 Å². The zero-order chi connectivity index (χ0) is 15.4. The van der Waals surface area contributed by atoms with Gasteiger partial charge in [0.2, 0.25) is 0 Å². The molecule has 0 aliphatic carbocycles. The number of anilines is 1. The van der Waals surface area contributed by atoms with Gasteiger partial charge in [-0.15, -0.1) is 23.1 Å². The highest BCUT2D eigenvalue weighted by Gasteiger charge is 2.15. The quantitative estimate of drug-likeness (QED) is 0.272. The van der Waals surface area contributed by atoms with Crippen molar-refractivity contribution in [3.8, 4) is 5.75 Å². The molecule has 0 bridgehead atoms. The highest BCUT2D eigenvalue weighted by Crippen LogP contribution is 2.39. The second-order valence-corrected chi connectivity index (χ2v) is 7.36. The van der Waals surface area contributed by atoms with E-state index in [4.69, 9.17) is 15.3 Å². The molecule has 0 spiro atoms.